The van der Waals surface area contributed by atoms with Crippen LogP contribution in [0.4, 0.5) is 0 Å². The fourth-order valence-electron chi connectivity index (χ4n) is 3.04. The largest absolute Gasteiger partial charge is 0.454 e. The van der Waals surface area contributed by atoms with Gasteiger partial charge < -0.3 is 15.0 Å². The number of rotatable bonds is 5. The van der Waals surface area contributed by atoms with Crippen molar-refractivity contribution in [2.75, 3.05) is 13.2 Å². The second kappa shape index (κ2) is 8.89. The van der Waals surface area contributed by atoms with Crippen molar-refractivity contribution in [1.82, 2.24) is 10.2 Å². The zero-order valence-electron chi connectivity index (χ0n) is 15.5. The Hall–Kier alpha value is -2.86. The Balaban J connectivity index is 1.49. The van der Waals surface area contributed by atoms with Crippen LogP contribution in [-0.2, 0) is 27.3 Å². The van der Waals surface area contributed by atoms with Gasteiger partial charge in [-0.1, -0.05) is 48.0 Å². The molecule has 146 valence electrons. The summed E-state index contributed by atoms with van der Waals surface area (Å²) in [5.41, 5.74) is 2.61. The maximum atomic E-state index is 12.4. The van der Waals surface area contributed by atoms with E-state index in [9.17, 15) is 14.4 Å². The molecule has 1 atom stereocenters. The molecule has 1 N–H and O–H groups in total. The van der Waals surface area contributed by atoms with E-state index >= 15 is 0 Å². The quantitative estimate of drug-likeness (QED) is 0.783. The summed E-state index contributed by atoms with van der Waals surface area (Å²) in [6.07, 6.45) is 0.778. The Morgan fingerprint density at radius 1 is 1.11 bits per heavy atom. The van der Waals surface area contributed by atoms with E-state index in [0.29, 0.717) is 18.1 Å². The van der Waals surface area contributed by atoms with Gasteiger partial charge in [0.2, 0.25) is 0 Å². The second-order valence-electron chi connectivity index (χ2n) is 6.62. The first-order chi connectivity index (χ1) is 13.5. The predicted octanol–water partition coefficient (Wildman–Crippen LogP) is 2.59. The molecule has 28 heavy (non-hydrogen) atoms. The number of hydrogen-bond donors (Lipinski definition) is 1. The molecule has 6 nitrogen and oxygen atoms in total. The Labute approximate surface area is 168 Å². The predicted molar refractivity (Wildman–Crippen MR) is 105 cm³/mol. The van der Waals surface area contributed by atoms with Crippen molar-refractivity contribution in [2.45, 2.75) is 25.9 Å². The van der Waals surface area contributed by atoms with E-state index in [0.717, 1.165) is 12.0 Å². The van der Waals surface area contributed by atoms with Crippen LogP contribution in [-0.4, -0.2) is 41.9 Å². The highest BCUT2D eigenvalue weighted by Crippen LogP contribution is 2.18. The number of fused-ring (bicyclic) bond motifs is 1. The first-order valence-corrected chi connectivity index (χ1v) is 9.40. The van der Waals surface area contributed by atoms with E-state index in [4.69, 9.17) is 16.3 Å². The number of benzene rings is 2. The lowest BCUT2D eigenvalue weighted by atomic mass is 10.00. The van der Waals surface area contributed by atoms with Crippen LogP contribution >= 0.6 is 11.6 Å². The van der Waals surface area contributed by atoms with Gasteiger partial charge in [-0.05, 0) is 36.6 Å². The Morgan fingerprint density at radius 2 is 1.79 bits per heavy atom. The van der Waals surface area contributed by atoms with Gasteiger partial charge in [-0.15, -0.1) is 0 Å². The molecule has 0 radical (unpaired) electrons. The van der Waals surface area contributed by atoms with Crippen LogP contribution in [0.25, 0.3) is 0 Å². The van der Waals surface area contributed by atoms with Crippen LogP contribution in [0.1, 0.15) is 28.4 Å². The molecule has 2 aromatic carbocycles. The number of esters is 1. The molecular weight excluding hydrogens is 380 g/mol. The maximum Gasteiger partial charge on any atom is 0.328 e. The van der Waals surface area contributed by atoms with E-state index in [1.54, 1.807) is 29.2 Å². The van der Waals surface area contributed by atoms with Crippen LogP contribution in [0.5, 0.6) is 0 Å². The Kier molecular flexibility index (Phi) is 6.31. The van der Waals surface area contributed by atoms with Crippen molar-refractivity contribution in [3.63, 3.8) is 0 Å². The number of halogens is 1. The first kappa shape index (κ1) is 19.9. The lowest BCUT2D eigenvalue weighted by Crippen LogP contribution is -2.42. The molecule has 1 aliphatic rings. The summed E-state index contributed by atoms with van der Waals surface area (Å²) in [5, 5.41) is 2.82. The van der Waals surface area contributed by atoms with Crippen LogP contribution in [0.2, 0.25) is 5.02 Å². The molecule has 0 aliphatic carbocycles. The van der Waals surface area contributed by atoms with Gasteiger partial charge in [0.05, 0.1) is 10.6 Å². The highest BCUT2D eigenvalue weighted by molar-refractivity contribution is 6.33. The summed E-state index contributed by atoms with van der Waals surface area (Å²) < 4.78 is 5.10. The average molecular weight is 401 g/mol. The topological polar surface area (TPSA) is 75.7 Å². The molecular formula is C21H21ClN2O4. The van der Waals surface area contributed by atoms with Crippen molar-refractivity contribution < 1.29 is 19.1 Å². The van der Waals surface area contributed by atoms with Gasteiger partial charge >= 0.3 is 5.97 Å². The zero-order valence-corrected chi connectivity index (χ0v) is 16.2. The summed E-state index contributed by atoms with van der Waals surface area (Å²) in [7, 11) is 0. The molecule has 0 saturated carbocycles. The SMILES string of the molecule is CC(NC(=O)c1ccccc1Cl)C(=O)OCC(=O)N1CCc2ccccc2C1. The molecule has 1 unspecified atom stereocenters. The van der Waals surface area contributed by atoms with Crippen molar-refractivity contribution >= 4 is 29.4 Å². The molecule has 0 aromatic heterocycles. The van der Waals surface area contributed by atoms with Crippen LogP contribution in [0.3, 0.4) is 0 Å². The molecule has 0 saturated heterocycles. The van der Waals surface area contributed by atoms with E-state index in [1.807, 2.05) is 18.2 Å². The van der Waals surface area contributed by atoms with Crippen LogP contribution in [0, 0.1) is 0 Å². The van der Waals surface area contributed by atoms with Crippen molar-refractivity contribution in [1.29, 1.82) is 0 Å². The normalized spacial score (nSPS) is 14.0. The van der Waals surface area contributed by atoms with E-state index in [-0.39, 0.29) is 18.1 Å². The molecule has 3 rings (SSSR count). The van der Waals surface area contributed by atoms with Gasteiger partial charge in [-0.2, -0.15) is 0 Å². The van der Waals surface area contributed by atoms with E-state index in [1.165, 1.54) is 12.5 Å². The van der Waals surface area contributed by atoms with Gasteiger partial charge in [0.15, 0.2) is 6.61 Å². The number of nitrogens with one attached hydrogen (secondary N) is 1. The van der Waals surface area contributed by atoms with Crippen molar-refractivity contribution in [2.24, 2.45) is 0 Å². The molecule has 7 heteroatoms. The van der Waals surface area contributed by atoms with Crippen molar-refractivity contribution in [3.05, 3.63) is 70.2 Å². The number of ether oxygens (including phenoxy) is 1. The Morgan fingerprint density at radius 3 is 2.54 bits per heavy atom. The fraction of sp³-hybridized carbons (Fsp3) is 0.286. The molecule has 1 aliphatic heterocycles. The lowest BCUT2D eigenvalue weighted by Gasteiger charge is -2.28. The highest BCUT2D eigenvalue weighted by atomic mass is 35.5. The summed E-state index contributed by atoms with van der Waals surface area (Å²) in [6.45, 7) is 2.24. The zero-order chi connectivity index (χ0) is 20.1. The van der Waals surface area contributed by atoms with Gasteiger partial charge in [0.1, 0.15) is 6.04 Å². The summed E-state index contributed by atoms with van der Waals surface area (Å²) >= 11 is 5.98. The van der Waals surface area contributed by atoms with E-state index < -0.39 is 17.9 Å². The van der Waals surface area contributed by atoms with Crippen LogP contribution < -0.4 is 5.32 Å². The molecule has 0 bridgehead atoms. The maximum absolute atomic E-state index is 12.4. The first-order valence-electron chi connectivity index (χ1n) is 9.02. The van der Waals surface area contributed by atoms with Gasteiger partial charge in [0, 0.05) is 13.1 Å². The van der Waals surface area contributed by atoms with Crippen LogP contribution in [0.15, 0.2) is 48.5 Å². The Bertz CT molecular complexity index is 899. The molecule has 1 heterocycles. The smallest absolute Gasteiger partial charge is 0.328 e. The molecule has 0 spiro atoms. The number of carbonyl (C=O) groups is 3. The lowest BCUT2D eigenvalue weighted by molar-refractivity contribution is -0.153. The van der Waals surface area contributed by atoms with E-state index in [2.05, 4.69) is 11.4 Å². The molecule has 2 aromatic rings. The minimum absolute atomic E-state index is 0.257. The number of amides is 2. The van der Waals surface area contributed by atoms with Gasteiger partial charge in [0.25, 0.3) is 11.8 Å². The third-order valence-electron chi connectivity index (χ3n) is 4.64. The summed E-state index contributed by atoms with van der Waals surface area (Å²) in [4.78, 5) is 38.4. The third kappa shape index (κ3) is 4.70. The average Bonchev–Trinajstić information content (AvgIpc) is 2.71. The molecule has 2 amide bonds. The van der Waals surface area contributed by atoms with Gasteiger partial charge in [-0.25, -0.2) is 4.79 Å². The summed E-state index contributed by atoms with van der Waals surface area (Å²) in [5.74, 6) is -1.41. The fourth-order valence-corrected chi connectivity index (χ4v) is 3.26. The second-order valence-corrected chi connectivity index (χ2v) is 7.02. The number of carbonyl (C=O) groups excluding carboxylic acids is 3. The monoisotopic (exact) mass is 400 g/mol. The standard InChI is InChI=1S/C21H21ClN2O4/c1-14(23-20(26)17-8-4-5-9-18(17)22)21(27)28-13-19(25)24-11-10-15-6-2-3-7-16(15)12-24/h2-9,14H,10-13H2,1H3,(H,23,26). The molecule has 0 fully saturated rings. The van der Waals surface area contributed by atoms with Gasteiger partial charge in [-0.3, -0.25) is 9.59 Å². The number of nitrogens with zero attached hydrogens (tertiary/aromatic N) is 1. The number of hydrogen-bond acceptors (Lipinski definition) is 4. The highest BCUT2D eigenvalue weighted by Gasteiger charge is 2.24. The minimum atomic E-state index is -0.904. The van der Waals surface area contributed by atoms with Crippen molar-refractivity contribution in [3.8, 4) is 0 Å². The third-order valence-corrected chi connectivity index (χ3v) is 4.97. The minimum Gasteiger partial charge on any atom is -0.454 e. The summed E-state index contributed by atoms with van der Waals surface area (Å²) in [6, 6.07) is 13.6.